The monoisotopic (exact) mass is 305 g/mol. The number of nitrogens with one attached hydrogen (secondary N) is 1. The predicted molar refractivity (Wildman–Crippen MR) is 82.6 cm³/mol. The molecule has 1 fully saturated rings. The number of hydrogen-bond acceptors (Lipinski definition) is 3. The molecule has 0 atom stereocenters. The number of carbonyl (C=O) groups excluding carboxylic acids is 1. The highest BCUT2D eigenvalue weighted by Gasteiger charge is 2.26. The van der Waals surface area contributed by atoms with E-state index in [0.717, 1.165) is 25.7 Å². The van der Waals surface area contributed by atoms with E-state index in [1.54, 1.807) is 0 Å². The van der Waals surface area contributed by atoms with Gasteiger partial charge in [0.25, 0.3) is 0 Å². The Hall–Kier alpha value is -1.88. The van der Waals surface area contributed by atoms with Crippen LogP contribution in [0.2, 0.25) is 0 Å². The van der Waals surface area contributed by atoms with Crippen molar-refractivity contribution < 1.29 is 19.4 Å². The molecule has 0 spiro atoms. The Morgan fingerprint density at radius 1 is 1.14 bits per heavy atom. The second-order valence-corrected chi connectivity index (χ2v) is 5.70. The van der Waals surface area contributed by atoms with Crippen molar-refractivity contribution in [2.75, 3.05) is 19.8 Å². The molecular formula is C17H23NO4. The first kappa shape index (κ1) is 16.5. The molecule has 1 aromatic rings. The number of carboxylic acids is 1. The molecule has 2 N–H and O–H groups in total. The summed E-state index contributed by atoms with van der Waals surface area (Å²) in [7, 11) is 0. The zero-order valence-electron chi connectivity index (χ0n) is 12.7. The fraction of sp³-hybridized carbons (Fsp3) is 0.529. The molecule has 0 aliphatic heterocycles. The molecule has 1 aliphatic carbocycles. The second-order valence-electron chi connectivity index (χ2n) is 5.70. The number of hydrogen-bond donors (Lipinski definition) is 2. The maximum atomic E-state index is 12.1. The molecule has 1 aliphatic rings. The van der Waals surface area contributed by atoms with Crippen molar-refractivity contribution >= 4 is 11.9 Å². The first-order valence-electron chi connectivity index (χ1n) is 7.79. The third-order valence-corrected chi connectivity index (χ3v) is 4.14. The smallest absolute Gasteiger partial charge is 0.329 e. The van der Waals surface area contributed by atoms with Crippen molar-refractivity contribution in [1.82, 2.24) is 5.32 Å². The summed E-state index contributed by atoms with van der Waals surface area (Å²) in [4.78, 5) is 22.3. The van der Waals surface area contributed by atoms with Crippen LogP contribution in [0.1, 0.15) is 37.2 Å². The van der Waals surface area contributed by atoms with Crippen molar-refractivity contribution in [1.29, 1.82) is 0 Å². The first-order valence-corrected chi connectivity index (χ1v) is 7.79. The van der Waals surface area contributed by atoms with Gasteiger partial charge < -0.3 is 15.2 Å². The SMILES string of the molecule is O=C(O)COCCNC(=O)C1CCC(c2ccccc2)CC1. The normalized spacial score (nSPS) is 21.3. The zero-order chi connectivity index (χ0) is 15.8. The fourth-order valence-corrected chi connectivity index (χ4v) is 2.96. The van der Waals surface area contributed by atoms with E-state index in [9.17, 15) is 9.59 Å². The first-order chi connectivity index (χ1) is 10.7. The molecular weight excluding hydrogens is 282 g/mol. The van der Waals surface area contributed by atoms with E-state index in [-0.39, 0.29) is 25.0 Å². The minimum atomic E-state index is -0.995. The van der Waals surface area contributed by atoms with Gasteiger partial charge in [-0.25, -0.2) is 4.79 Å². The van der Waals surface area contributed by atoms with Gasteiger partial charge in [-0.1, -0.05) is 30.3 Å². The van der Waals surface area contributed by atoms with Gasteiger partial charge in [-0.3, -0.25) is 4.79 Å². The van der Waals surface area contributed by atoms with Gasteiger partial charge in [0.15, 0.2) is 0 Å². The van der Waals surface area contributed by atoms with Crippen LogP contribution in [0.3, 0.4) is 0 Å². The topological polar surface area (TPSA) is 75.6 Å². The van der Waals surface area contributed by atoms with Crippen LogP contribution in [0.5, 0.6) is 0 Å². The molecule has 1 saturated carbocycles. The summed E-state index contributed by atoms with van der Waals surface area (Å²) in [6.45, 7) is 0.278. The molecule has 0 unspecified atom stereocenters. The Labute approximate surface area is 130 Å². The summed E-state index contributed by atoms with van der Waals surface area (Å²) in [6.07, 6.45) is 3.89. The van der Waals surface area contributed by atoms with Crippen LogP contribution in [0, 0.1) is 5.92 Å². The number of rotatable bonds is 7. The van der Waals surface area contributed by atoms with Crippen molar-refractivity contribution in [2.45, 2.75) is 31.6 Å². The summed E-state index contributed by atoms with van der Waals surface area (Å²) < 4.78 is 4.89. The molecule has 5 nitrogen and oxygen atoms in total. The molecule has 0 radical (unpaired) electrons. The minimum Gasteiger partial charge on any atom is -0.480 e. The molecule has 0 bridgehead atoms. The Bertz CT molecular complexity index is 481. The maximum Gasteiger partial charge on any atom is 0.329 e. The Kier molecular flexibility index (Phi) is 6.40. The maximum absolute atomic E-state index is 12.1. The van der Waals surface area contributed by atoms with Crippen LogP contribution in [0.4, 0.5) is 0 Å². The van der Waals surface area contributed by atoms with Crippen LogP contribution in [0.25, 0.3) is 0 Å². The van der Waals surface area contributed by atoms with Crippen LogP contribution < -0.4 is 5.32 Å². The average molecular weight is 305 g/mol. The van der Waals surface area contributed by atoms with E-state index >= 15 is 0 Å². The molecule has 2 rings (SSSR count). The number of aliphatic carboxylic acids is 1. The van der Waals surface area contributed by atoms with Gasteiger partial charge in [0.2, 0.25) is 5.91 Å². The molecule has 1 amide bonds. The minimum absolute atomic E-state index is 0.0606. The van der Waals surface area contributed by atoms with E-state index in [2.05, 4.69) is 29.6 Å². The Morgan fingerprint density at radius 2 is 1.82 bits per heavy atom. The lowest BCUT2D eigenvalue weighted by Gasteiger charge is -2.28. The van der Waals surface area contributed by atoms with Crippen molar-refractivity contribution in [3.63, 3.8) is 0 Å². The summed E-state index contributed by atoms with van der Waals surface area (Å²) in [6, 6.07) is 10.5. The highest BCUT2D eigenvalue weighted by molar-refractivity contribution is 5.78. The lowest BCUT2D eigenvalue weighted by Crippen LogP contribution is -2.35. The number of carbonyl (C=O) groups is 2. The second kappa shape index (κ2) is 8.54. The summed E-state index contributed by atoms with van der Waals surface area (Å²) in [5.41, 5.74) is 1.36. The number of benzene rings is 1. The molecule has 0 aromatic heterocycles. The quantitative estimate of drug-likeness (QED) is 0.757. The van der Waals surface area contributed by atoms with Crippen LogP contribution >= 0.6 is 0 Å². The third kappa shape index (κ3) is 5.15. The summed E-state index contributed by atoms with van der Waals surface area (Å²) in [5.74, 6) is -0.306. The number of carboxylic acid groups (broad SMARTS) is 1. The molecule has 22 heavy (non-hydrogen) atoms. The summed E-state index contributed by atoms with van der Waals surface area (Å²) >= 11 is 0. The largest absolute Gasteiger partial charge is 0.480 e. The van der Waals surface area contributed by atoms with Gasteiger partial charge in [0, 0.05) is 12.5 Å². The molecule has 5 heteroatoms. The van der Waals surface area contributed by atoms with Crippen LogP contribution in [0.15, 0.2) is 30.3 Å². The van der Waals surface area contributed by atoms with Crippen LogP contribution in [-0.2, 0) is 14.3 Å². The van der Waals surface area contributed by atoms with E-state index in [0.29, 0.717) is 12.5 Å². The van der Waals surface area contributed by atoms with Crippen LogP contribution in [-0.4, -0.2) is 36.7 Å². The predicted octanol–water partition coefficient (Wildman–Crippen LogP) is 2.18. The molecule has 0 heterocycles. The Morgan fingerprint density at radius 3 is 2.45 bits per heavy atom. The fourth-order valence-electron chi connectivity index (χ4n) is 2.96. The van der Waals surface area contributed by atoms with Crippen molar-refractivity contribution in [3.8, 4) is 0 Å². The van der Waals surface area contributed by atoms with E-state index in [1.165, 1.54) is 5.56 Å². The van der Waals surface area contributed by atoms with E-state index < -0.39 is 5.97 Å². The van der Waals surface area contributed by atoms with Gasteiger partial charge in [-0.2, -0.15) is 0 Å². The van der Waals surface area contributed by atoms with E-state index in [4.69, 9.17) is 9.84 Å². The van der Waals surface area contributed by atoms with Crippen molar-refractivity contribution in [2.24, 2.45) is 5.92 Å². The van der Waals surface area contributed by atoms with Gasteiger partial charge in [-0.15, -0.1) is 0 Å². The highest BCUT2D eigenvalue weighted by atomic mass is 16.5. The van der Waals surface area contributed by atoms with Gasteiger partial charge in [0.05, 0.1) is 6.61 Å². The third-order valence-electron chi connectivity index (χ3n) is 4.14. The number of ether oxygens (including phenoxy) is 1. The van der Waals surface area contributed by atoms with Gasteiger partial charge in [-0.05, 0) is 37.2 Å². The number of amides is 1. The summed E-state index contributed by atoms with van der Waals surface area (Å²) in [5, 5.41) is 11.3. The molecule has 0 saturated heterocycles. The average Bonchev–Trinajstić information content (AvgIpc) is 2.55. The van der Waals surface area contributed by atoms with Gasteiger partial charge >= 0.3 is 5.97 Å². The molecule has 120 valence electrons. The standard InChI is InChI=1S/C17H23NO4/c19-16(20)12-22-11-10-18-17(21)15-8-6-14(7-9-15)13-4-2-1-3-5-13/h1-5,14-15H,6-12H2,(H,18,21)(H,19,20). The highest BCUT2D eigenvalue weighted by Crippen LogP contribution is 2.35. The van der Waals surface area contributed by atoms with Gasteiger partial charge in [0.1, 0.15) is 6.61 Å². The van der Waals surface area contributed by atoms with E-state index in [1.807, 2.05) is 6.07 Å². The zero-order valence-corrected chi connectivity index (χ0v) is 12.7. The molecule has 1 aromatic carbocycles. The van der Waals surface area contributed by atoms with Crippen molar-refractivity contribution in [3.05, 3.63) is 35.9 Å². The Balaban J connectivity index is 1.66. The lowest BCUT2D eigenvalue weighted by atomic mass is 9.78. The lowest BCUT2D eigenvalue weighted by molar-refractivity contribution is -0.142.